The summed E-state index contributed by atoms with van der Waals surface area (Å²) < 4.78 is 11.2. The number of halogens is 1. The molecule has 0 aliphatic rings. The van der Waals surface area contributed by atoms with Crippen molar-refractivity contribution in [2.24, 2.45) is 0 Å². The molecule has 4 nitrogen and oxygen atoms in total. The first-order chi connectivity index (χ1) is 11.5. The monoisotopic (exact) mass is 365 g/mol. The summed E-state index contributed by atoms with van der Waals surface area (Å²) >= 11 is 7.43. The van der Waals surface area contributed by atoms with E-state index >= 15 is 0 Å². The van der Waals surface area contributed by atoms with Crippen LogP contribution in [0.25, 0.3) is 6.08 Å². The second-order valence-corrected chi connectivity index (χ2v) is 6.84. The van der Waals surface area contributed by atoms with E-state index in [0.29, 0.717) is 24.6 Å². The summed E-state index contributed by atoms with van der Waals surface area (Å²) in [6.45, 7) is 3.13. The van der Waals surface area contributed by atoms with Crippen LogP contribution in [0, 0.1) is 0 Å². The SMILES string of the molecule is CCN(Cc1ccc(Cl)s1)C(=O)/C=C/c1cc(OC)cc(OC)c1. The zero-order chi connectivity index (χ0) is 17.5. The van der Waals surface area contributed by atoms with Crippen molar-refractivity contribution in [1.29, 1.82) is 0 Å². The van der Waals surface area contributed by atoms with E-state index in [1.807, 2.05) is 31.2 Å². The Morgan fingerprint density at radius 1 is 1.21 bits per heavy atom. The number of likely N-dealkylation sites (N-methyl/N-ethyl adjacent to an activating group) is 1. The molecule has 6 heteroatoms. The quantitative estimate of drug-likeness (QED) is 0.679. The van der Waals surface area contributed by atoms with Gasteiger partial charge in [0, 0.05) is 23.6 Å². The molecule has 0 fully saturated rings. The number of ether oxygens (including phenoxy) is 2. The first-order valence-electron chi connectivity index (χ1n) is 7.50. The summed E-state index contributed by atoms with van der Waals surface area (Å²) in [5, 5.41) is 0. The maximum absolute atomic E-state index is 12.4. The lowest BCUT2D eigenvalue weighted by molar-refractivity contribution is -0.126. The summed E-state index contributed by atoms with van der Waals surface area (Å²) in [7, 11) is 3.19. The zero-order valence-electron chi connectivity index (χ0n) is 13.9. The molecule has 0 saturated heterocycles. The lowest BCUT2D eigenvalue weighted by atomic mass is 10.2. The van der Waals surface area contributed by atoms with E-state index in [0.717, 1.165) is 14.8 Å². The number of carbonyl (C=O) groups excluding carboxylic acids is 1. The van der Waals surface area contributed by atoms with Crippen LogP contribution < -0.4 is 9.47 Å². The molecule has 0 N–H and O–H groups in total. The Bertz CT molecular complexity index is 705. The fraction of sp³-hybridized carbons (Fsp3) is 0.278. The minimum absolute atomic E-state index is 0.0520. The maximum atomic E-state index is 12.4. The van der Waals surface area contributed by atoms with E-state index in [-0.39, 0.29) is 5.91 Å². The lowest BCUT2D eigenvalue weighted by Crippen LogP contribution is -2.28. The van der Waals surface area contributed by atoms with Crippen molar-refractivity contribution in [3.8, 4) is 11.5 Å². The number of hydrogen-bond acceptors (Lipinski definition) is 4. The van der Waals surface area contributed by atoms with Crippen LogP contribution in [0.2, 0.25) is 4.34 Å². The van der Waals surface area contributed by atoms with Crippen molar-refractivity contribution in [2.75, 3.05) is 20.8 Å². The van der Waals surface area contributed by atoms with E-state index < -0.39 is 0 Å². The number of methoxy groups -OCH3 is 2. The van der Waals surface area contributed by atoms with Gasteiger partial charge in [-0.15, -0.1) is 11.3 Å². The van der Waals surface area contributed by atoms with Gasteiger partial charge in [-0.2, -0.15) is 0 Å². The number of hydrogen-bond donors (Lipinski definition) is 0. The van der Waals surface area contributed by atoms with Crippen LogP contribution in [-0.4, -0.2) is 31.6 Å². The van der Waals surface area contributed by atoms with Crippen LogP contribution in [-0.2, 0) is 11.3 Å². The highest BCUT2D eigenvalue weighted by atomic mass is 35.5. The van der Waals surface area contributed by atoms with Crippen LogP contribution in [0.15, 0.2) is 36.4 Å². The molecular formula is C18H20ClNO3S. The van der Waals surface area contributed by atoms with Crippen molar-refractivity contribution in [3.05, 3.63) is 51.2 Å². The first kappa shape index (κ1) is 18.4. The average Bonchev–Trinajstić information content (AvgIpc) is 3.02. The molecule has 0 saturated carbocycles. The molecule has 1 aromatic heterocycles. The van der Waals surface area contributed by atoms with Gasteiger partial charge in [0.2, 0.25) is 5.91 Å². The van der Waals surface area contributed by atoms with Crippen LogP contribution >= 0.6 is 22.9 Å². The third-order valence-electron chi connectivity index (χ3n) is 3.46. The van der Waals surface area contributed by atoms with E-state index in [1.54, 1.807) is 37.3 Å². The van der Waals surface area contributed by atoms with Gasteiger partial charge in [0.25, 0.3) is 0 Å². The number of carbonyl (C=O) groups is 1. The highest BCUT2D eigenvalue weighted by molar-refractivity contribution is 7.16. The highest BCUT2D eigenvalue weighted by Gasteiger charge is 2.10. The number of nitrogens with zero attached hydrogens (tertiary/aromatic N) is 1. The van der Waals surface area contributed by atoms with Crippen molar-refractivity contribution in [3.63, 3.8) is 0 Å². The Morgan fingerprint density at radius 3 is 2.38 bits per heavy atom. The first-order valence-corrected chi connectivity index (χ1v) is 8.69. The summed E-state index contributed by atoms with van der Waals surface area (Å²) in [6.07, 6.45) is 3.32. The molecule has 2 aromatic rings. The molecule has 0 spiro atoms. The van der Waals surface area contributed by atoms with Crippen molar-refractivity contribution >= 4 is 34.9 Å². The second-order valence-electron chi connectivity index (χ2n) is 5.04. The van der Waals surface area contributed by atoms with Crippen LogP contribution in [0.4, 0.5) is 0 Å². The van der Waals surface area contributed by atoms with Gasteiger partial charge in [0.05, 0.1) is 25.1 Å². The molecule has 0 aliphatic carbocycles. The van der Waals surface area contributed by atoms with Crippen molar-refractivity contribution in [2.45, 2.75) is 13.5 Å². The van der Waals surface area contributed by atoms with Crippen molar-refractivity contribution < 1.29 is 14.3 Å². The zero-order valence-corrected chi connectivity index (χ0v) is 15.5. The Balaban J connectivity index is 2.10. The second kappa shape index (κ2) is 8.76. The van der Waals surface area contributed by atoms with Gasteiger partial charge >= 0.3 is 0 Å². The van der Waals surface area contributed by atoms with Gasteiger partial charge < -0.3 is 14.4 Å². The molecule has 0 bridgehead atoms. The van der Waals surface area contributed by atoms with Crippen LogP contribution in [0.3, 0.4) is 0 Å². The number of benzene rings is 1. The molecule has 128 valence electrons. The largest absolute Gasteiger partial charge is 0.497 e. The topological polar surface area (TPSA) is 38.8 Å². The van der Waals surface area contributed by atoms with E-state index in [4.69, 9.17) is 21.1 Å². The van der Waals surface area contributed by atoms with Gasteiger partial charge in [-0.1, -0.05) is 11.6 Å². The number of rotatable bonds is 7. The van der Waals surface area contributed by atoms with Crippen molar-refractivity contribution in [1.82, 2.24) is 4.90 Å². The fourth-order valence-electron chi connectivity index (χ4n) is 2.17. The molecule has 0 atom stereocenters. The van der Waals surface area contributed by atoms with Gasteiger partial charge in [0.15, 0.2) is 0 Å². The summed E-state index contributed by atoms with van der Waals surface area (Å²) in [6, 6.07) is 9.28. The molecule has 2 rings (SSSR count). The smallest absolute Gasteiger partial charge is 0.246 e. The van der Waals surface area contributed by atoms with E-state index in [1.165, 1.54) is 11.3 Å². The van der Waals surface area contributed by atoms with Gasteiger partial charge in [-0.3, -0.25) is 4.79 Å². The molecule has 0 radical (unpaired) electrons. The lowest BCUT2D eigenvalue weighted by Gasteiger charge is -2.18. The number of thiophene rings is 1. The van der Waals surface area contributed by atoms with Crippen LogP contribution in [0.5, 0.6) is 11.5 Å². The Kier molecular flexibility index (Phi) is 6.70. The molecular weight excluding hydrogens is 346 g/mol. The third-order valence-corrected chi connectivity index (χ3v) is 4.68. The normalized spacial score (nSPS) is 10.8. The molecule has 0 aliphatic heterocycles. The third kappa shape index (κ3) is 5.01. The molecule has 24 heavy (non-hydrogen) atoms. The van der Waals surface area contributed by atoms with E-state index in [9.17, 15) is 4.79 Å². The molecule has 1 heterocycles. The highest BCUT2D eigenvalue weighted by Crippen LogP contribution is 2.24. The van der Waals surface area contributed by atoms with E-state index in [2.05, 4.69) is 0 Å². The van der Waals surface area contributed by atoms with Crippen LogP contribution in [0.1, 0.15) is 17.4 Å². The molecule has 1 amide bonds. The van der Waals surface area contributed by atoms with Gasteiger partial charge in [-0.25, -0.2) is 0 Å². The Hall–Kier alpha value is -1.98. The van der Waals surface area contributed by atoms with Gasteiger partial charge in [0.1, 0.15) is 11.5 Å². The van der Waals surface area contributed by atoms with Gasteiger partial charge in [-0.05, 0) is 42.8 Å². The molecule has 1 aromatic carbocycles. The minimum Gasteiger partial charge on any atom is -0.497 e. The minimum atomic E-state index is -0.0520. The Labute approximate surface area is 151 Å². The predicted molar refractivity (Wildman–Crippen MR) is 99.0 cm³/mol. The maximum Gasteiger partial charge on any atom is 0.246 e. The Morgan fingerprint density at radius 2 is 1.88 bits per heavy atom. The standard InChI is InChI=1S/C18H20ClNO3S/c1-4-20(12-16-6-7-17(19)24-16)18(21)8-5-13-9-14(22-2)11-15(10-13)23-3/h5-11H,4,12H2,1-3H3/b8-5+. The fourth-order valence-corrected chi connectivity index (χ4v) is 3.27. The predicted octanol–water partition coefficient (Wildman–Crippen LogP) is 4.48. The summed E-state index contributed by atoms with van der Waals surface area (Å²) in [5.41, 5.74) is 0.842. The number of amides is 1. The molecule has 0 unspecified atom stereocenters. The average molecular weight is 366 g/mol. The summed E-state index contributed by atoms with van der Waals surface area (Å²) in [4.78, 5) is 15.2. The summed E-state index contributed by atoms with van der Waals surface area (Å²) in [5.74, 6) is 1.31.